The molecule has 0 radical (unpaired) electrons. The van der Waals surface area contributed by atoms with Gasteiger partial charge in [0.05, 0.1) is 0 Å². The molecule has 3 nitrogen and oxygen atoms in total. The van der Waals surface area contributed by atoms with Crippen LogP contribution in [0.2, 0.25) is 0 Å². The highest BCUT2D eigenvalue weighted by molar-refractivity contribution is 5.35. The molecule has 1 N–H and O–H groups in total. The van der Waals surface area contributed by atoms with E-state index in [9.17, 15) is 13.2 Å². The Balaban J connectivity index is 1.85. The summed E-state index contributed by atoms with van der Waals surface area (Å²) in [5.41, 5.74) is -0.844. The van der Waals surface area contributed by atoms with E-state index in [1.54, 1.807) is 6.07 Å². The van der Waals surface area contributed by atoms with Gasteiger partial charge in [0, 0.05) is 6.54 Å². The van der Waals surface area contributed by atoms with Crippen LogP contribution in [0.1, 0.15) is 25.5 Å². The minimum Gasteiger partial charge on any atom is -0.370 e. The number of likely N-dealkylation sites (tertiary alicyclic amines) is 1. The predicted octanol–water partition coefficient (Wildman–Crippen LogP) is 3.24. The highest BCUT2D eigenvalue weighted by Crippen LogP contribution is 2.28. The summed E-state index contributed by atoms with van der Waals surface area (Å²) in [4.78, 5) is 6.00. The van der Waals surface area contributed by atoms with Crippen LogP contribution in [0, 0.1) is 5.92 Å². The van der Waals surface area contributed by atoms with Gasteiger partial charge < -0.3 is 10.2 Å². The predicted molar refractivity (Wildman–Crippen MR) is 72.6 cm³/mol. The minimum absolute atomic E-state index is 0.303. The fraction of sp³-hybridized carbons (Fsp3) is 0.643. The van der Waals surface area contributed by atoms with E-state index in [2.05, 4.69) is 22.1 Å². The van der Waals surface area contributed by atoms with Crippen molar-refractivity contribution in [2.24, 2.45) is 5.92 Å². The number of aromatic nitrogens is 1. The van der Waals surface area contributed by atoms with Gasteiger partial charge in [0.15, 0.2) is 0 Å². The van der Waals surface area contributed by atoms with E-state index in [-0.39, 0.29) is 0 Å². The quantitative estimate of drug-likeness (QED) is 0.921. The zero-order valence-corrected chi connectivity index (χ0v) is 11.6. The number of hydrogen-bond donors (Lipinski definition) is 1. The fourth-order valence-electron chi connectivity index (χ4n) is 2.45. The van der Waals surface area contributed by atoms with Crippen molar-refractivity contribution in [3.05, 3.63) is 23.9 Å². The van der Waals surface area contributed by atoms with E-state index in [1.165, 1.54) is 6.07 Å². The Labute approximate surface area is 117 Å². The van der Waals surface area contributed by atoms with Crippen molar-refractivity contribution < 1.29 is 13.2 Å². The fourth-order valence-corrected chi connectivity index (χ4v) is 2.45. The molecule has 0 atom stereocenters. The smallest absolute Gasteiger partial charge is 0.370 e. The maximum Gasteiger partial charge on any atom is 0.433 e. The van der Waals surface area contributed by atoms with Crippen molar-refractivity contribution in [1.82, 2.24) is 9.88 Å². The third kappa shape index (κ3) is 4.10. The highest BCUT2D eigenvalue weighted by atomic mass is 19.4. The number of hydrogen-bond acceptors (Lipinski definition) is 3. The van der Waals surface area contributed by atoms with Gasteiger partial charge in [0.1, 0.15) is 11.5 Å². The molecule has 1 aromatic rings. The molecule has 0 aliphatic carbocycles. The zero-order valence-electron chi connectivity index (χ0n) is 11.6. The minimum atomic E-state index is -4.38. The number of rotatable bonds is 4. The largest absolute Gasteiger partial charge is 0.433 e. The number of anilines is 1. The molecule has 2 heterocycles. The van der Waals surface area contributed by atoms with Gasteiger partial charge in [0.25, 0.3) is 0 Å². The van der Waals surface area contributed by atoms with E-state index in [0.29, 0.717) is 18.3 Å². The molecule has 1 saturated heterocycles. The molecule has 20 heavy (non-hydrogen) atoms. The Kier molecular flexibility index (Phi) is 4.86. The van der Waals surface area contributed by atoms with Crippen LogP contribution in [0.4, 0.5) is 19.0 Å². The lowest BCUT2D eigenvalue weighted by atomic mass is 9.97. The molecule has 0 spiro atoms. The molecule has 0 saturated carbocycles. The lowest BCUT2D eigenvalue weighted by molar-refractivity contribution is -0.141. The van der Waals surface area contributed by atoms with Crippen LogP contribution in [-0.2, 0) is 6.18 Å². The van der Waals surface area contributed by atoms with Crippen LogP contribution >= 0.6 is 0 Å². The Hall–Kier alpha value is -1.30. The Bertz CT molecular complexity index is 426. The highest BCUT2D eigenvalue weighted by Gasteiger charge is 2.32. The van der Waals surface area contributed by atoms with Gasteiger partial charge in [0.2, 0.25) is 0 Å². The summed E-state index contributed by atoms with van der Waals surface area (Å²) in [7, 11) is 0. The third-order valence-electron chi connectivity index (χ3n) is 3.77. The van der Waals surface area contributed by atoms with Gasteiger partial charge in [-0.15, -0.1) is 0 Å². The third-order valence-corrected chi connectivity index (χ3v) is 3.77. The molecular formula is C14H20F3N3. The SMILES string of the molecule is CCN1CCC(CNc2cccc(C(F)(F)F)n2)CC1. The number of halogens is 3. The van der Waals surface area contributed by atoms with Crippen molar-refractivity contribution >= 4 is 5.82 Å². The average molecular weight is 287 g/mol. The summed E-state index contributed by atoms with van der Waals surface area (Å²) >= 11 is 0. The Morgan fingerprint density at radius 2 is 2.00 bits per heavy atom. The molecule has 0 amide bonds. The second-order valence-corrected chi connectivity index (χ2v) is 5.16. The Morgan fingerprint density at radius 3 is 2.60 bits per heavy atom. The van der Waals surface area contributed by atoms with Gasteiger partial charge in [-0.3, -0.25) is 0 Å². The number of pyridine rings is 1. The first-order chi connectivity index (χ1) is 9.49. The average Bonchev–Trinajstić information content (AvgIpc) is 2.45. The lowest BCUT2D eigenvalue weighted by Crippen LogP contribution is -2.35. The van der Waals surface area contributed by atoms with Gasteiger partial charge >= 0.3 is 6.18 Å². The zero-order chi connectivity index (χ0) is 14.6. The first-order valence-electron chi connectivity index (χ1n) is 6.99. The van der Waals surface area contributed by atoms with Gasteiger partial charge in [-0.1, -0.05) is 13.0 Å². The van der Waals surface area contributed by atoms with Crippen LogP contribution in [-0.4, -0.2) is 36.1 Å². The number of nitrogens with zero attached hydrogens (tertiary/aromatic N) is 2. The molecule has 1 aliphatic heterocycles. The maximum absolute atomic E-state index is 12.5. The normalized spacial score (nSPS) is 18.2. The van der Waals surface area contributed by atoms with E-state index < -0.39 is 11.9 Å². The molecule has 1 fully saturated rings. The standard InChI is InChI=1S/C14H20F3N3/c1-2-20-8-6-11(7-9-20)10-18-13-5-3-4-12(19-13)14(15,16)17/h3-5,11H,2,6-10H2,1H3,(H,18,19). The number of nitrogens with one attached hydrogen (secondary N) is 1. The molecule has 0 aromatic carbocycles. The van der Waals surface area contributed by atoms with Gasteiger partial charge in [-0.05, 0) is 50.5 Å². The first-order valence-corrected chi connectivity index (χ1v) is 6.99. The second-order valence-electron chi connectivity index (χ2n) is 5.16. The van der Waals surface area contributed by atoms with Crippen LogP contribution in [0.25, 0.3) is 0 Å². The first kappa shape index (κ1) is 15.1. The molecule has 6 heteroatoms. The van der Waals surface area contributed by atoms with E-state index >= 15 is 0 Å². The van der Waals surface area contributed by atoms with Crippen LogP contribution in [0.15, 0.2) is 18.2 Å². The second kappa shape index (κ2) is 6.43. The number of piperidine rings is 1. The Morgan fingerprint density at radius 1 is 1.30 bits per heavy atom. The lowest BCUT2D eigenvalue weighted by Gasteiger charge is -2.31. The molecule has 1 aliphatic rings. The summed E-state index contributed by atoms with van der Waals surface area (Å²) in [6.07, 6.45) is -2.22. The van der Waals surface area contributed by atoms with Crippen LogP contribution in [0.3, 0.4) is 0 Å². The van der Waals surface area contributed by atoms with Crippen LogP contribution < -0.4 is 5.32 Å². The van der Waals surface area contributed by atoms with Crippen molar-refractivity contribution in [1.29, 1.82) is 0 Å². The van der Waals surface area contributed by atoms with Gasteiger partial charge in [-0.2, -0.15) is 13.2 Å². The van der Waals surface area contributed by atoms with E-state index in [4.69, 9.17) is 0 Å². The maximum atomic E-state index is 12.5. The summed E-state index contributed by atoms with van der Waals surface area (Å²) in [6, 6.07) is 3.96. The number of alkyl halides is 3. The van der Waals surface area contributed by atoms with Crippen molar-refractivity contribution in [2.45, 2.75) is 25.9 Å². The molecule has 112 valence electrons. The molecular weight excluding hydrogens is 267 g/mol. The topological polar surface area (TPSA) is 28.2 Å². The van der Waals surface area contributed by atoms with E-state index in [1.807, 2.05) is 0 Å². The van der Waals surface area contributed by atoms with Crippen LogP contribution in [0.5, 0.6) is 0 Å². The van der Waals surface area contributed by atoms with E-state index in [0.717, 1.165) is 38.5 Å². The van der Waals surface area contributed by atoms with Crippen molar-refractivity contribution in [3.63, 3.8) is 0 Å². The summed E-state index contributed by atoms with van der Waals surface area (Å²) in [5, 5.41) is 3.03. The van der Waals surface area contributed by atoms with Crippen molar-refractivity contribution in [3.8, 4) is 0 Å². The summed E-state index contributed by atoms with van der Waals surface area (Å²) in [6.45, 7) is 6.03. The molecule has 2 rings (SSSR count). The molecule has 0 unspecified atom stereocenters. The molecule has 1 aromatic heterocycles. The molecule has 0 bridgehead atoms. The van der Waals surface area contributed by atoms with Gasteiger partial charge in [-0.25, -0.2) is 4.98 Å². The summed E-state index contributed by atoms with van der Waals surface area (Å²) in [5.74, 6) is 0.812. The summed E-state index contributed by atoms with van der Waals surface area (Å²) < 4.78 is 37.6. The monoisotopic (exact) mass is 287 g/mol. The van der Waals surface area contributed by atoms with Crippen molar-refractivity contribution in [2.75, 3.05) is 31.5 Å².